The van der Waals surface area contributed by atoms with E-state index in [1.807, 2.05) is 35.2 Å². The minimum Gasteiger partial charge on any atom is -0.334 e. The van der Waals surface area contributed by atoms with Gasteiger partial charge >= 0.3 is 6.03 Å². The van der Waals surface area contributed by atoms with Gasteiger partial charge in [0.2, 0.25) is 0 Å². The fourth-order valence-corrected chi connectivity index (χ4v) is 3.02. The Kier molecular flexibility index (Phi) is 4.21. The van der Waals surface area contributed by atoms with Crippen molar-refractivity contribution in [3.63, 3.8) is 0 Å². The van der Waals surface area contributed by atoms with Crippen LogP contribution < -0.4 is 5.32 Å². The molecule has 1 aromatic rings. The predicted octanol–water partition coefficient (Wildman–Crippen LogP) is 2.07. The first kappa shape index (κ1) is 13.4. The molecule has 108 valence electrons. The van der Waals surface area contributed by atoms with Gasteiger partial charge in [-0.2, -0.15) is 0 Å². The van der Waals surface area contributed by atoms with Crippen molar-refractivity contribution in [3.05, 3.63) is 35.9 Å². The van der Waals surface area contributed by atoms with E-state index < -0.39 is 0 Å². The fourth-order valence-electron chi connectivity index (χ4n) is 3.02. The van der Waals surface area contributed by atoms with Gasteiger partial charge in [0.05, 0.1) is 0 Å². The van der Waals surface area contributed by atoms with Gasteiger partial charge in [-0.1, -0.05) is 36.8 Å². The molecule has 2 aliphatic heterocycles. The van der Waals surface area contributed by atoms with Crippen LogP contribution in [0.3, 0.4) is 0 Å². The first-order valence-electron chi connectivity index (χ1n) is 7.64. The number of hydrogen-bond donors (Lipinski definition) is 1. The Bertz CT molecular complexity index is 436. The normalized spacial score (nSPS) is 20.5. The first-order valence-corrected chi connectivity index (χ1v) is 7.64. The second kappa shape index (κ2) is 6.27. The monoisotopic (exact) mass is 273 g/mol. The number of carbonyl (C=O) groups is 1. The molecule has 0 atom stereocenters. The number of nitrogens with one attached hydrogen (secondary N) is 1. The summed E-state index contributed by atoms with van der Waals surface area (Å²) < 4.78 is 0. The average Bonchev–Trinajstić information content (AvgIpc) is 2.46. The Balaban J connectivity index is 1.39. The minimum atomic E-state index is 0.0714. The maximum atomic E-state index is 12.0. The maximum absolute atomic E-state index is 12.0. The van der Waals surface area contributed by atoms with Crippen molar-refractivity contribution in [2.24, 2.45) is 0 Å². The number of likely N-dealkylation sites (tertiary alicyclic amines) is 2. The van der Waals surface area contributed by atoms with E-state index in [1.165, 1.54) is 32.4 Å². The molecular weight excluding hydrogens is 250 g/mol. The highest BCUT2D eigenvalue weighted by molar-refractivity contribution is 5.75. The number of benzene rings is 1. The van der Waals surface area contributed by atoms with Crippen molar-refractivity contribution < 1.29 is 4.79 Å². The molecule has 0 unspecified atom stereocenters. The molecule has 2 aliphatic rings. The number of rotatable bonds is 3. The largest absolute Gasteiger partial charge is 0.334 e. The van der Waals surface area contributed by atoms with Gasteiger partial charge < -0.3 is 10.2 Å². The number of carbonyl (C=O) groups excluding carboxylic acids is 1. The molecular formula is C16H23N3O. The molecule has 0 saturated carbocycles. The summed E-state index contributed by atoms with van der Waals surface area (Å²) in [6.07, 6.45) is 4.00. The summed E-state index contributed by atoms with van der Waals surface area (Å²) in [7, 11) is 0. The van der Waals surface area contributed by atoms with Crippen molar-refractivity contribution in [2.75, 3.05) is 26.2 Å². The third-order valence-electron chi connectivity index (χ3n) is 4.34. The number of urea groups is 1. The van der Waals surface area contributed by atoms with E-state index in [-0.39, 0.29) is 6.03 Å². The zero-order valence-electron chi connectivity index (χ0n) is 11.9. The molecule has 1 aromatic carbocycles. The lowest BCUT2D eigenvalue weighted by atomic mass is 10.0. The average molecular weight is 273 g/mol. The number of nitrogens with zero attached hydrogens (tertiary/aromatic N) is 2. The highest BCUT2D eigenvalue weighted by Gasteiger charge is 2.34. The van der Waals surface area contributed by atoms with Crippen LogP contribution in [0.2, 0.25) is 0 Å². The molecule has 0 aliphatic carbocycles. The third kappa shape index (κ3) is 3.12. The second-order valence-corrected chi connectivity index (χ2v) is 5.80. The van der Waals surface area contributed by atoms with Crippen LogP contribution in [0.1, 0.15) is 24.8 Å². The number of amides is 2. The number of hydrogen-bond acceptors (Lipinski definition) is 2. The molecule has 4 heteroatoms. The summed E-state index contributed by atoms with van der Waals surface area (Å²) in [5.74, 6) is 0. The predicted molar refractivity (Wildman–Crippen MR) is 79.5 cm³/mol. The number of piperidine rings is 1. The lowest BCUT2D eigenvalue weighted by molar-refractivity contribution is 0.0450. The van der Waals surface area contributed by atoms with Crippen LogP contribution in [-0.2, 0) is 6.54 Å². The highest BCUT2D eigenvalue weighted by atomic mass is 16.2. The highest BCUT2D eigenvalue weighted by Crippen LogP contribution is 2.19. The molecule has 20 heavy (non-hydrogen) atoms. The Labute approximate surface area is 120 Å². The summed E-state index contributed by atoms with van der Waals surface area (Å²) in [4.78, 5) is 16.5. The standard InChI is InChI=1S/C16H23N3O/c20-16(17-11-14-7-3-1-4-8-14)19-12-15(13-19)18-9-5-2-6-10-18/h1,3-4,7-8,15H,2,5-6,9-13H2,(H,17,20). The van der Waals surface area contributed by atoms with E-state index >= 15 is 0 Å². The second-order valence-electron chi connectivity index (χ2n) is 5.80. The third-order valence-corrected chi connectivity index (χ3v) is 4.34. The van der Waals surface area contributed by atoms with Gasteiger partial charge in [-0.15, -0.1) is 0 Å². The van der Waals surface area contributed by atoms with E-state index in [1.54, 1.807) is 0 Å². The lowest BCUT2D eigenvalue weighted by Crippen LogP contribution is -2.63. The summed E-state index contributed by atoms with van der Waals surface area (Å²) in [6.45, 7) is 4.82. The molecule has 2 heterocycles. The quantitative estimate of drug-likeness (QED) is 0.915. The Morgan fingerprint density at radius 3 is 2.50 bits per heavy atom. The molecule has 0 spiro atoms. The van der Waals surface area contributed by atoms with E-state index in [9.17, 15) is 4.79 Å². The zero-order chi connectivity index (χ0) is 13.8. The molecule has 0 radical (unpaired) electrons. The van der Waals surface area contributed by atoms with Crippen molar-refractivity contribution in [3.8, 4) is 0 Å². The first-order chi connectivity index (χ1) is 9.83. The van der Waals surface area contributed by atoms with Gasteiger partial charge in [0.15, 0.2) is 0 Å². The van der Waals surface area contributed by atoms with E-state index in [4.69, 9.17) is 0 Å². The van der Waals surface area contributed by atoms with Crippen molar-refractivity contribution in [2.45, 2.75) is 31.8 Å². The fraction of sp³-hybridized carbons (Fsp3) is 0.562. The lowest BCUT2D eigenvalue weighted by Gasteiger charge is -2.46. The topological polar surface area (TPSA) is 35.6 Å². The molecule has 1 N–H and O–H groups in total. The van der Waals surface area contributed by atoms with Crippen LogP contribution in [0.25, 0.3) is 0 Å². The molecule has 4 nitrogen and oxygen atoms in total. The van der Waals surface area contributed by atoms with Gasteiger partial charge in [-0.3, -0.25) is 4.90 Å². The molecule has 0 bridgehead atoms. The van der Waals surface area contributed by atoms with E-state index in [2.05, 4.69) is 10.2 Å². The Morgan fingerprint density at radius 2 is 1.80 bits per heavy atom. The molecule has 2 fully saturated rings. The summed E-state index contributed by atoms with van der Waals surface area (Å²) in [5, 5.41) is 2.99. The minimum absolute atomic E-state index is 0.0714. The molecule has 2 saturated heterocycles. The van der Waals surface area contributed by atoms with Crippen molar-refractivity contribution in [1.82, 2.24) is 15.1 Å². The molecule has 2 amide bonds. The van der Waals surface area contributed by atoms with Gasteiger partial charge in [0, 0.05) is 25.7 Å². The van der Waals surface area contributed by atoms with E-state index in [0.29, 0.717) is 12.6 Å². The summed E-state index contributed by atoms with van der Waals surface area (Å²) in [5.41, 5.74) is 1.15. The summed E-state index contributed by atoms with van der Waals surface area (Å²) in [6, 6.07) is 10.7. The maximum Gasteiger partial charge on any atom is 0.317 e. The van der Waals surface area contributed by atoms with Crippen LogP contribution in [0.15, 0.2) is 30.3 Å². The molecule has 0 aromatic heterocycles. The van der Waals surface area contributed by atoms with Crippen molar-refractivity contribution >= 4 is 6.03 Å². The van der Waals surface area contributed by atoms with Gasteiger partial charge in [-0.25, -0.2) is 4.79 Å². The van der Waals surface area contributed by atoms with E-state index in [0.717, 1.165) is 18.7 Å². The van der Waals surface area contributed by atoms with Gasteiger partial charge in [0.25, 0.3) is 0 Å². The smallest absolute Gasteiger partial charge is 0.317 e. The SMILES string of the molecule is O=C(NCc1ccccc1)N1CC(N2CCCCC2)C1. The summed E-state index contributed by atoms with van der Waals surface area (Å²) >= 11 is 0. The van der Waals surface area contributed by atoms with Crippen LogP contribution in [0.5, 0.6) is 0 Å². The Morgan fingerprint density at radius 1 is 1.10 bits per heavy atom. The van der Waals surface area contributed by atoms with Gasteiger partial charge in [-0.05, 0) is 31.5 Å². The van der Waals surface area contributed by atoms with Gasteiger partial charge in [0.1, 0.15) is 0 Å². The van der Waals surface area contributed by atoms with Crippen LogP contribution in [-0.4, -0.2) is 48.1 Å². The van der Waals surface area contributed by atoms with Crippen LogP contribution in [0, 0.1) is 0 Å². The van der Waals surface area contributed by atoms with Crippen LogP contribution in [0.4, 0.5) is 4.79 Å². The van der Waals surface area contributed by atoms with Crippen LogP contribution >= 0.6 is 0 Å². The Hall–Kier alpha value is -1.55. The zero-order valence-corrected chi connectivity index (χ0v) is 11.9. The molecule has 3 rings (SSSR count). The van der Waals surface area contributed by atoms with Crippen molar-refractivity contribution in [1.29, 1.82) is 0 Å².